The Kier molecular flexibility index (Phi) is 5.18. The molecule has 10 rings (SSSR count). The Morgan fingerprint density at radius 1 is 0.468 bits per heavy atom. The number of hydrogen-bond donors (Lipinski definition) is 1. The van der Waals surface area contributed by atoms with Gasteiger partial charge in [-0.25, -0.2) is 9.13 Å². The maximum atomic E-state index is 5.38. The number of fused-ring (bicyclic) bond motifs is 21. The molecule has 0 saturated carbocycles. The highest BCUT2D eigenvalue weighted by Crippen LogP contribution is 2.36. The SMILES string of the molecule is Cn1c2nc3[n+](C)c(nc4[nH]c(nc5[n+](C)c(nc1c1ccccc12)-c1ccccc1-5)c1cc2ccccc2cc41)-c1ccccc1-3. The number of aromatic amines is 1. The van der Waals surface area contributed by atoms with Crippen LogP contribution in [-0.2, 0) is 21.1 Å². The van der Waals surface area contributed by atoms with Crippen LogP contribution < -0.4 is 9.13 Å². The molecule has 8 bridgehead atoms. The summed E-state index contributed by atoms with van der Waals surface area (Å²) in [7, 11) is 6.13. The van der Waals surface area contributed by atoms with Gasteiger partial charge in [0.1, 0.15) is 0 Å². The summed E-state index contributed by atoms with van der Waals surface area (Å²) in [6, 6.07) is 37.9. The van der Waals surface area contributed by atoms with E-state index in [2.05, 4.69) is 128 Å². The van der Waals surface area contributed by atoms with Gasteiger partial charge >= 0.3 is 0 Å². The molecule has 222 valence electrons. The van der Waals surface area contributed by atoms with E-state index in [4.69, 9.17) is 19.9 Å². The average Bonchev–Trinajstić information content (AvgIpc) is 3.75. The molecule has 5 aromatic carbocycles. The lowest BCUT2D eigenvalue weighted by atomic mass is 10.1. The molecular weight excluding hydrogens is 580 g/mol. The van der Waals surface area contributed by atoms with Gasteiger partial charge < -0.3 is 0 Å². The van der Waals surface area contributed by atoms with Crippen molar-refractivity contribution in [2.45, 2.75) is 0 Å². The molecule has 0 fully saturated rings. The molecule has 47 heavy (non-hydrogen) atoms. The van der Waals surface area contributed by atoms with Crippen LogP contribution in [-0.4, -0.2) is 29.5 Å². The molecule has 8 nitrogen and oxygen atoms in total. The zero-order chi connectivity index (χ0) is 31.4. The summed E-state index contributed by atoms with van der Waals surface area (Å²) in [6.07, 6.45) is 0. The number of nitrogens with zero attached hydrogens (tertiary/aromatic N) is 7. The van der Waals surface area contributed by atoms with Crippen molar-refractivity contribution in [2.75, 3.05) is 0 Å². The van der Waals surface area contributed by atoms with E-state index >= 15 is 0 Å². The molecular formula is C39H28N8+2. The molecule has 0 saturated heterocycles. The van der Waals surface area contributed by atoms with Crippen LogP contribution in [0.1, 0.15) is 0 Å². The van der Waals surface area contributed by atoms with Gasteiger partial charge in [-0.3, -0.25) is 9.55 Å². The molecule has 0 unspecified atom stereocenters. The van der Waals surface area contributed by atoms with Crippen LogP contribution in [0.4, 0.5) is 0 Å². The van der Waals surface area contributed by atoms with E-state index in [9.17, 15) is 0 Å². The standard InChI is InChI=1S/C39H27N8/c1-45-34-24-14-6-8-16-26(24)36(45)43-38-28-18-10-11-19-29(28)39(47(38)3)44-37-27-17-9-7-15-25(27)35(46(37)2)42-33-31-21-23-13-5-4-12-22(23)20-30(31)32(40-33)41-34/h4-21H,1-3H3/q+1/p+1. The van der Waals surface area contributed by atoms with Crippen molar-refractivity contribution in [3.63, 3.8) is 0 Å². The fraction of sp³-hybridized carbons (Fsp3) is 0.0769. The van der Waals surface area contributed by atoms with Gasteiger partial charge in [0.05, 0.1) is 36.3 Å². The summed E-state index contributed by atoms with van der Waals surface area (Å²) >= 11 is 0. The summed E-state index contributed by atoms with van der Waals surface area (Å²) in [5.41, 5.74) is 7.31. The smallest absolute Gasteiger partial charge is 0.273 e. The Morgan fingerprint density at radius 2 is 0.830 bits per heavy atom. The second kappa shape index (κ2) is 9.37. The quantitative estimate of drug-likeness (QED) is 0.190. The molecule has 0 amide bonds. The molecule has 5 heterocycles. The Balaban J connectivity index is 1.49. The highest BCUT2D eigenvalue weighted by molar-refractivity contribution is 6.11. The van der Waals surface area contributed by atoms with Crippen molar-refractivity contribution in [1.29, 1.82) is 0 Å². The molecule has 0 aliphatic carbocycles. The first-order chi connectivity index (χ1) is 23.0. The Morgan fingerprint density at radius 3 is 1.26 bits per heavy atom. The van der Waals surface area contributed by atoms with Crippen molar-refractivity contribution >= 4 is 54.9 Å². The third kappa shape index (κ3) is 3.58. The van der Waals surface area contributed by atoms with Crippen molar-refractivity contribution in [2.24, 2.45) is 21.1 Å². The van der Waals surface area contributed by atoms with Gasteiger partial charge in [0.25, 0.3) is 23.3 Å². The highest BCUT2D eigenvalue weighted by atomic mass is 15.2. The first-order valence-electron chi connectivity index (χ1n) is 15.7. The number of nitrogens with one attached hydrogen (secondary N) is 1. The van der Waals surface area contributed by atoms with Gasteiger partial charge in [-0.15, -0.1) is 0 Å². The average molecular weight is 609 g/mol. The first-order valence-corrected chi connectivity index (χ1v) is 15.7. The predicted molar refractivity (Wildman–Crippen MR) is 185 cm³/mol. The second-order valence-electron chi connectivity index (χ2n) is 12.3. The number of rotatable bonds is 0. The third-order valence-electron chi connectivity index (χ3n) is 9.62. The molecule has 8 heteroatoms. The monoisotopic (exact) mass is 608 g/mol. The summed E-state index contributed by atoms with van der Waals surface area (Å²) in [6.45, 7) is 0. The van der Waals surface area contributed by atoms with Crippen molar-refractivity contribution in [3.8, 4) is 45.6 Å². The van der Waals surface area contributed by atoms with E-state index in [0.717, 1.165) is 100 Å². The normalized spacial score (nSPS) is 12.1. The Hall–Kier alpha value is -6.28. The Labute approximate surface area is 268 Å². The summed E-state index contributed by atoms with van der Waals surface area (Å²) in [4.78, 5) is 25.1. The van der Waals surface area contributed by atoms with E-state index in [1.54, 1.807) is 0 Å². The van der Waals surface area contributed by atoms with Crippen molar-refractivity contribution in [1.82, 2.24) is 29.5 Å². The zero-order valence-corrected chi connectivity index (χ0v) is 26.0. The third-order valence-corrected chi connectivity index (χ3v) is 9.62. The topological polar surface area (TPSA) is 80.0 Å². The number of aromatic nitrogens is 8. The lowest BCUT2D eigenvalue weighted by molar-refractivity contribution is -0.650. The maximum Gasteiger partial charge on any atom is 0.273 e. The van der Waals surface area contributed by atoms with Gasteiger partial charge in [0.15, 0.2) is 0 Å². The van der Waals surface area contributed by atoms with Gasteiger partial charge in [-0.2, -0.15) is 0 Å². The van der Waals surface area contributed by atoms with Crippen molar-refractivity contribution in [3.05, 3.63) is 109 Å². The lowest BCUT2D eigenvalue weighted by Gasteiger charge is -1.97. The molecule has 8 aromatic rings. The fourth-order valence-electron chi connectivity index (χ4n) is 7.28. The fourth-order valence-corrected chi connectivity index (χ4v) is 7.28. The maximum absolute atomic E-state index is 5.38. The molecule has 1 N–H and O–H groups in total. The minimum Gasteiger partial charge on any atom is -0.296 e. The number of H-pyrrole nitrogens is 1. The van der Waals surface area contributed by atoms with E-state index in [1.807, 2.05) is 21.1 Å². The molecule has 2 aliphatic rings. The minimum absolute atomic E-state index is 0.754. The number of aryl methyl sites for hydroxylation is 1. The van der Waals surface area contributed by atoms with E-state index in [0.29, 0.717) is 0 Å². The summed E-state index contributed by atoms with van der Waals surface area (Å²) in [5.74, 6) is 3.32. The number of benzene rings is 5. The van der Waals surface area contributed by atoms with Gasteiger partial charge in [-0.05, 0) is 59.3 Å². The van der Waals surface area contributed by atoms with Crippen LogP contribution in [0.2, 0.25) is 0 Å². The van der Waals surface area contributed by atoms with Crippen LogP contribution in [0.5, 0.6) is 0 Å². The van der Waals surface area contributed by atoms with Gasteiger partial charge in [0.2, 0.25) is 22.6 Å². The van der Waals surface area contributed by atoms with Crippen LogP contribution in [0.3, 0.4) is 0 Å². The van der Waals surface area contributed by atoms with Crippen LogP contribution in [0.25, 0.3) is 100 Å². The summed E-state index contributed by atoms with van der Waals surface area (Å²) < 4.78 is 6.29. The first kappa shape index (κ1) is 26.0. The van der Waals surface area contributed by atoms with E-state index in [-0.39, 0.29) is 0 Å². The highest BCUT2D eigenvalue weighted by Gasteiger charge is 2.31. The molecule has 0 atom stereocenters. The van der Waals surface area contributed by atoms with Crippen LogP contribution >= 0.6 is 0 Å². The van der Waals surface area contributed by atoms with E-state index in [1.165, 1.54) is 0 Å². The van der Waals surface area contributed by atoms with Crippen LogP contribution in [0, 0.1) is 0 Å². The van der Waals surface area contributed by atoms with Gasteiger partial charge in [-0.1, -0.05) is 80.6 Å². The minimum atomic E-state index is 0.754. The summed E-state index contributed by atoms with van der Waals surface area (Å²) in [5, 5.41) is 6.40. The van der Waals surface area contributed by atoms with Crippen molar-refractivity contribution < 1.29 is 9.13 Å². The Bertz CT molecular complexity index is 2650. The zero-order valence-electron chi connectivity index (χ0n) is 26.0. The predicted octanol–water partition coefficient (Wildman–Crippen LogP) is 6.89. The van der Waals surface area contributed by atoms with E-state index < -0.39 is 0 Å². The van der Waals surface area contributed by atoms with Gasteiger partial charge in [0, 0.05) is 28.6 Å². The molecule has 3 aromatic heterocycles. The molecule has 2 aliphatic heterocycles. The lowest BCUT2D eigenvalue weighted by Crippen LogP contribution is -2.31. The van der Waals surface area contributed by atoms with Crippen LogP contribution in [0.15, 0.2) is 109 Å². The molecule has 0 radical (unpaired) electrons. The second-order valence-corrected chi connectivity index (χ2v) is 12.3. The number of hydrogen-bond acceptors (Lipinski definition) is 4. The molecule has 0 spiro atoms. The largest absolute Gasteiger partial charge is 0.296 e.